The van der Waals surface area contributed by atoms with E-state index in [0.717, 1.165) is 0 Å². The van der Waals surface area contributed by atoms with Gasteiger partial charge in [0.05, 0.1) is 13.1 Å². The van der Waals surface area contributed by atoms with E-state index in [1.54, 1.807) is 12.1 Å². The van der Waals surface area contributed by atoms with Crippen LogP contribution in [-0.4, -0.2) is 31.3 Å². The highest BCUT2D eigenvalue weighted by molar-refractivity contribution is 5.90. The van der Waals surface area contributed by atoms with E-state index in [2.05, 4.69) is 10.6 Å². The summed E-state index contributed by atoms with van der Waals surface area (Å²) in [5, 5.41) is 5.34. The molecule has 1 saturated heterocycles. The quantitative estimate of drug-likeness (QED) is 0.906. The zero-order chi connectivity index (χ0) is 16.9. The molecule has 24 heavy (non-hydrogen) atoms. The minimum Gasteiger partial charge on any atom is -0.442 e. The maximum Gasteiger partial charge on any atom is 0.414 e. The average Bonchev–Trinajstić information content (AvgIpc) is 2.95. The molecule has 2 N–H and O–H groups in total. The Labute approximate surface area is 138 Å². The maximum atomic E-state index is 12.9. The van der Waals surface area contributed by atoms with Gasteiger partial charge in [-0.1, -0.05) is 18.2 Å². The van der Waals surface area contributed by atoms with E-state index in [0.29, 0.717) is 11.4 Å². The van der Waals surface area contributed by atoms with Crippen molar-refractivity contribution in [3.63, 3.8) is 0 Å². The maximum absolute atomic E-state index is 12.9. The Hall–Kier alpha value is -3.09. The molecule has 124 valence electrons. The molecule has 1 atom stereocenters. The third kappa shape index (κ3) is 3.81. The Morgan fingerprint density at radius 1 is 1.17 bits per heavy atom. The summed E-state index contributed by atoms with van der Waals surface area (Å²) >= 11 is 0. The molecule has 1 aliphatic heterocycles. The van der Waals surface area contributed by atoms with Crippen LogP contribution in [0.3, 0.4) is 0 Å². The molecule has 1 aliphatic rings. The van der Waals surface area contributed by atoms with Crippen molar-refractivity contribution in [2.45, 2.75) is 6.10 Å². The van der Waals surface area contributed by atoms with Gasteiger partial charge in [-0.25, -0.2) is 14.0 Å². The Kier molecular flexibility index (Phi) is 4.60. The largest absolute Gasteiger partial charge is 0.442 e. The molecule has 7 heteroatoms. The molecule has 6 nitrogen and oxygen atoms in total. The molecule has 0 aliphatic carbocycles. The second kappa shape index (κ2) is 6.99. The van der Waals surface area contributed by atoms with E-state index in [4.69, 9.17) is 4.74 Å². The van der Waals surface area contributed by atoms with E-state index < -0.39 is 12.2 Å². The number of benzene rings is 2. The van der Waals surface area contributed by atoms with Gasteiger partial charge in [0.1, 0.15) is 11.9 Å². The number of ether oxygens (including phenoxy) is 1. The van der Waals surface area contributed by atoms with Crippen LogP contribution in [0.4, 0.5) is 25.4 Å². The monoisotopic (exact) mass is 329 g/mol. The van der Waals surface area contributed by atoms with E-state index in [-0.39, 0.29) is 24.9 Å². The molecule has 1 heterocycles. The van der Waals surface area contributed by atoms with Crippen LogP contribution < -0.4 is 15.5 Å². The van der Waals surface area contributed by atoms with E-state index in [1.807, 2.05) is 18.2 Å². The van der Waals surface area contributed by atoms with Gasteiger partial charge < -0.3 is 15.4 Å². The first-order valence-electron chi connectivity index (χ1n) is 7.45. The predicted molar refractivity (Wildman–Crippen MR) is 87.5 cm³/mol. The van der Waals surface area contributed by atoms with Crippen molar-refractivity contribution >= 4 is 23.5 Å². The molecule has 3 rings (SSSR count). The molecule has 0 radical (unpaired) electrons. The van der Waals surface area contributed by atoms with E-state index in [9.17, 15) is 14.0 Å². The number of halogens is 1. The number of nitrogens with zero attached hydrogens (tertiary/aromatic N) is 1. The summed E-state index contributed by atoms with van der Waals surface area (Å²) < 4.78 is 18.2. The van der Waals surface area contributed by atoms with Crippen molar-refractivity contribution in [2.75, 3.05) is 23.3 Å². The lowest BCUT2D eigenvalue weighted by Crippen LogP contribution is -2.37. The summed E-state index contributed by atoms with van der Waals surface area (Å²) in [7, 11) is 0. The molecular weight excluding hydrogens is 313 g/mol. The Morgan fingerprint density at radius 2 is 1.88 bits per heavy atom. The molecular formula is C17H16FN3O3. The van der Waals surface area contributed by atoms with E-state index >= 15 is 0 Å². The molecule has 0 saturated carbocycles. The highest BCUT2D eigenvalue weighted by atomic mass is 19.1. The topological polar surface area (TPSA) is 70.7 Å². The van der Waals surface area contributed by atoms with Crippen LogP contribution in [0.15, 0.2) is 54.6 Å². The van der Waals surface area contributed by atoms with Gasteiger partial charge in [-0.3, -0.25) is 4.90 Å². The predicted octanol–water partition coefficient (Wildman–Crippen LogP) is 2.97. The van der Waals surface area contributed by atoms with Crippen LogP contribution in [0, 0.1) is 5.82 Å². The molecule has 3 amide bonds. The molecule has 0 spiro atoms. The fourth-order valence-corrected chi connectivity index (χ4v) is 2.36. The van der Waals surface area contributed by atoms with Gasteiger partial charge in [-0.15, -0.1) is 0 Å². The number of carbonyl (C=O) groups excluding carboxylic acids is 2. The molecule has 0 aromatic heterocycles. The first-order valence-corrected chi connectivity index (χ1v) is 7.45. The Balaban J connectivity index is 1.51. The van der Waals surface area contributed by atoms with E-state index in [1.165, 1.54) is 29.2 Å². The van der Waals surface area contributed by atoms with Crippen molar-refractivity contribution in [1.82, 2.24) is 5.32 Å². The van der Waals surface area contributed by atoms with Gasteiger partial charge in [-0.05, 0) is 36.4 Å². The van der Waals surface area contributed by atoms with Gasteiger partial charge >= 0.3 is 12.1 Å². The first kappa shape index (κ1) is 15.8. The van der Waals surface area contributed by atoms with Gasteiger partial charge in [0.25, 0.3) is 0 Å². The van der Waals surface area contributed by atoms with Crippen molar-refractivity contribution in [3.05, 3.63) is 60.4 Å². The van der Waals surface area contributed by atoms with Gasteiger partial charge in [0.2, 0.25) is 0 Å². The summed E-state index contributed by atoms with van der Waals surface area (Å²) in [6.07, 6.45) is -0.985. The number of anilines is 2. The van der Waals surface area contributed by atoms with Crippen LogP contribution >= 0.6 is 0 Å². The fraction of sp³-hybridized carbons (Fsp3) is 0.176. The van der Waals surface area contributed by atoms with Crippen LogP contribution in [0.25, 0.3) is 0 Å². The molecule has 1 fully saturated rings. The molecule has 1 unspecified atom stereocenters. The van der Waals surface area contributed by atoms with Crippen molar-refractivity contribution < 1.29 is 18.7 Å². The van der Waals surface area contributed by atoms with Gasteiger partial charge in [-0.2, -0.15) is 0 Å². The Bertz CT molecular complexity index is 722. The number of nitrogens with one attached hydrogen (secondary N) is 2. The summed E-state index contributed by atoms with van der Waals surface area (Å²) in [4.78, 5) is 25.1. The third-order valence-electron chi connectivity index (χ3n) is 3.53. The third-order valence-corrected chi connectivity index (χ3v) is 3.53. The lowest BCUT2D eigenvalue weighted by atomic mass is 10.2. The molecule has 0 bridgehead atoms. The number of hydrogen-bond donors (Lipinski definition) is 2. The van der Waals surface area contributed by atoms with Gasteiger partial charge in [0.15, 0.2) is 0 Å². The highest BCUT2D eigenvalue weighted by Crippen LogP contribution is 2.21. The van der Waals surface area contributed by atoms with Crippen LogP contribution in [0.5, 0.6) is 0 Å². The second-order valence-electron chi connectivity index (χ2n) is 5.29. The van der Waals surface area contributed by atoms with Crippen LogP contribution in [0.2, 0.25) is 0 Å². The Morgan fingerprint density at radius 3 is 2.58 bits per heavy atom. The first-order chi connectivity index (χ1) is 11.6. The SMILES string of the molecule is O=C(NCC1CN(c2ccc(F)cc2)C(=O)O1)Nc1ccccc1. The van der Waals surface area contributed by atoms with Gasteiger partial charge in [0, 0.05) is 11.4 Å². The number of carbonyl (C=O) groups is 2. The number of rotatable bonds is 4. The minimum absolute atomic E-state index is 0.183. The average molecular weight is 329 g/mol. The lowest BCUT2D eigenvalue weighted by molar-refractivity contribution is 0.141. The van der Waals surface area contributed by atoms with Crippen LogP contribution in [-0.2, 0) is 4.74 Å². The number of hydrogen-bond acceptors (Lipinski definition) is 3. The summed E-state index contributed by atoms with van der Waals surface area (Å²) in [6, 6.07) is 14.2. The van der Waals surface area contributed by atoms with Crippen molar-refractivity contribution in [3.8, 4) is 0 Å². The normalized spacial score (nSPS) is 16.6. The number of amides is 3. The second-order valence-corrected chi connectivity index (χ2v) is 5.29. The fourth-order valence-electron chi connectivity index (χ4n) is 2.36. The van der Waals surface area contributed by atoms with Crippen LogP contribution in [0.1, 0.15) is 0 Å². The zero-order valence-corrected chi connectivity index (χ0v) is 12.7. The minimum atomic E-state index is -0.517. The zero-order valence-electron chi connectivity index (χ0n) is 12.7. The summed E-state index contributed by atoms with van der Waals surface area (Å²) in [5.41, 5.74) is 1.23. The standard InChI is InChI=1S/C17H16FN3O3/c18-12-6-8-14(9-7-12)21-11-15(24-17(21)23)10-19-16(22)20-13-4-2-1-3-5-13/h1-9,15H,10-11H2,(H2,19,20,22). The highest BCUT2D eigenvalue weighted by Gasteiger charge is 2.32. The number of para-hydroxylation sites is 1. The van der Waals surface area contributed by atoms with Crippen molar-refractivity contribution in [1.29, 1.82) is 0 Å². The summed E-state index contributed by atoms with van der Waals surface area (Å²) in [5.74, 6) is -0.373. The smallest absolute Gasteiger partial charge is 0.414 e. The number of urea groups is 1. The molecule has 2 aromatic carbocycles. The number of cyclic esters (lactones) is 1. The summed E-state index contributed by atoms with van der Waals surface area (Å²) in [6.45, 7) is 0.470. The molecule has 2 aromatic rings. The van der Waals surface area contributed by atoms with Crippen molar-refractivity contribution in [2.24, 2.45) is 0 Å². The lowest BCUT2D eigenvalue weighted by Gasteiger charge is -2.13.